The number of aryl methyl sites for hydroxylation is 1. The molecule has 2 heterocycles. The third-order valence-electron chi connectivity index (χ3n) is 6.63. The summed E-state index contributed by atoms with van der Waals surface area (Å²) < 4.78 is 72.7. The number of alkyl halides is 3. The maximum Gasteiger partial charge on any atom is 0.416 e. The zero-order chi connectivity index (χ0) is 29.2. The van der Waals surface area contributed by atoms with Gasteiger partial charge in [-0.05, 0) is 61.9 Å². The van der Waals surface area contributed by atoms with Gasteiger partial charge >= 0.3 is 16.3 Å². The fraction of sp³-hybridized carbons (Fsp3) is 0.241. The number of hydrogen-bond donors (Lipinski definition) is 2. The first kappa shape index (κ1) is 28.4. The van der Waals surface area contributed by atoms with E-state index in [9.17, 15) is 26.4 Å². The molecule has 2 N–H and O–H groups in total. The van der Waals surface area contributed by atoms with E-state index in [1.54, 1.807) is 25.1 Å². The van der Waals surface area contributed by atoms with Crippen molar-refractivity contribution in [2.24, 2.45) is 0 Å². The zero-order valence-corrected chi connectivity index (χ0v) is 22.8. The second-order valence-corrected chi connectivity index (χ2v) is 11.3. The molecule has 0 unspecified atom stereocenters. The summed E-state index contributed by atoms with van der Waals surface area (Å²) >= 11 is 0. The van der Waals surface area contributed by atoms with E-state index in [4.69, 9.17) is 4.18 Å². The zero-order valence-electron chi connectivity index (χ0n) is 22.0. The van der Waals surface area contributed by atoms with Crippen molar-refractivity contribution in [3.8, 4) is 28.3 Å². The Hall–Kier alpha value is -4.16. The minimum atomic E-state index is -4.72. The van der Waals surface area contributed by atoms with E-state index < -0.39 is 26.8 Å². The van der Waals surface area contributed by atoms with E-state index in [0.29, 0.717) is 29.6 Å². The second-order valence-electron chi connectivity index (χ2n) is 9.76. The first-order valence-corrected chi connectivity index (χ1v) is 14.3. The summed E-state index contributed by atoms with van der Waals surface area (Å²) in [4.78, 5) is 12.2. The molecule has 41 heavy (non-hydrogen) atoms. The molecule has 1 saturated heterocycles. The summed E-state index contributed by atoms with van der Waals surface area (Å²) in [6, 6.07) is 19.1. The number of hydrogen-bond acceptors (Lipinski definition) is 6. The third kappa shape index (κ3) is 6.60. The smallest absolute Gasteiger partial charge is 0.378 e. The first-order valence-electron chi connectivity index (χ1n) is 12.9. The van der Waals surface area contributed by atoms with E-state index in [1.807, 2.05) is 30.3 Å². The molecular weight excluding hydrogens is 557 g/mol. The monoisotopic (exact) mass is 584 g/mol. The molecule has 5 rings (SSSR count). The maximum absolute atomic E-state index is 13.2. The van der Waals surface area contributed by atoms with Crippen LogP contribution in [0, 0.1) is 6.92 Å². The minimum Gasteiger partial charge on any atom is -0.378 e. The molecule has 0 bridgehead atoms. The van der Waals surface area contributed by atoms with Gasteiger partial charge in [-0.1, -0.05) is 48.0 Å². The van der Waals surface area contributed by atoms with Crippen LogP contribution in [0.2, 0.25) is 0 Å². The van der Waals surface area contributed by atoms with E-state index in [1.165, 1.54) is 10.7 Å². The number of nitrogens with zero attached hydrogens (tertiary/aromatic N) is 2. The van der Waals surface area contributed by atoms with Crippen LogP contribution in [0.5, 0.6) is 5.75 Å². The quantitative estimate of drug-likeness (QED) is 0.289. The third-order valence-corrected chi connectivity index (χ3v) is 7.86. The van der Waals surface area contributed by atoms with Crippen molar-refractivity contribution in [3.05, 3.63) is 90.0 Å². The molecule has 12 heteroatoms. The average Bonchev–Trinajstić information content (AvgIpc) is 3.60. The van der Waals surface area contributed by atoms with Crippen molar-refractivity contribution in [3.63, 3.8) is 0 Å². The lowest BCUT2D eigenvalue weighted by atomic mass is 10.1. The number of rotatable bonds is 8. The Morgan fingerprint density at radius 1 is 1.07 bits per heavy atom. The molecule has 1 aromatic heterocycles. The van der Waals surface area contributed by atoms with Crippen LogP contribution < -0.4 is 14.8 Å². The van der Waals surface area contributed by atoms with Gasteiger partial charge in [0.2, 0.25) is 5.91 Å². The Balaban J connectivity index is 1.51. The number of aromatic nitrogens is 2. The van der Waals surface area contributed by atoms with Gasteiger partial charge in [0.25, 0.3) is 0 Å². The summed E-state index contributed by atoms with van der Waals surface area (Å²) in [6.07, 6.45) is -3.90. The van der Waals surface area contributed by atoms with Gasteiger partial charge in [0, 0.05) is 18.2 Å². The molecule has 4 aromatic rings. The Labute approximate surface area is 235 Å². The summed E-state index contributed by atoms with van der Waals surface area (Å²) in [7, 11) is -4.63. The molecule has 1 aliphatic heterocycles. The van der Waals surface area contributed by atoms with Crippen molar-refractivity contribution in [1.82, 2.24) is 20.4 Å². The molecule has 214 valence electrons. The molecule has 1 amide bonds. The molecule has 0 spiro atoms. The number of halogens is 3. The predicted molar refractivity (Wildman–Crippen MR) is 147 cm³/mol. The highest BCUT2D eigenvalue weighted by Gasteiger charge is 2.32. The van der Waals surface area contributed by atoms with E-state index >= 15 is 0 Å². The maximum atomic E-state index is 13.2. The van der Waals surface area contributed by atoms with Gasteiger partial charge in [0.05, 0.1) is 17.0 Å². The van der Waals surface area contributed by atoms with Gasteiger partial charge in [-0.15, -0.1) is 0 Å². The van der Waals surface area contributed by atoms with Crippen LogP contribution in [0.3, 0.4) is 0 Å². The van der Waals surface area contributed by atoms with Gasteiger partial charge in [-0.25, -0.2) is 0 Å². The normalized spacial score (nSPS) is 15.6. The minimum absolute atomic E-state index is 0.0236. The molecule has 0 saturated carbocycles. The Bertz CT molecular complexity index is 1670. The highest BCUT2D eigenvalue weighted by Crippen LogP contribution is 2.36. The number of carbonyl (C=O) groups excluding carboxylic acids is 1. The van der Waals surface area contributed by atoms with Crippen LogP contribution >= 0.6 is 0 Å². The van der Waals surface area contributed by atoms with Crippen LogP contribution in [-0.2, 0) is 27.6 Å². The topological polar surface area (TPSA) is 102 Å². The van der Waals surface area contributed by atoms with Gasteiger partial charge in [-0.2, -0.15) is 26.7 Å². The molecular formula is C29H27F3N4O4S. The molecule has 8 nitrogen and oxygen atoms in total. The first-order chi connectivity index (χ1) is 19.5. The lowest BCUT2D eigenvalue weighted by Crippen LogP contribution is -2.38. The van der Waals surface area contributed by atoms with Crippen molar-refractivity contribution >= 4 is 16.0 Å². The Kier molecular flexibility index (Phi) is 7.87. The average molecular weight is 585 g/mol. The van der Waals surface area contributed by atoms with Gasteiger partial charge < -0.3 is 14.8 Å². The van der Waals surface area contributed by atoms with E-state index in [0.717, 1.165) is 42.3 Å². The lowest BCUT2D eigenvalue weighted by Gasteiger charge is -2.13. The van der Waals surface area contributed by atoms with Crippen LogP contribution in [0.1, 0.15) is 17.5 Å². The highest BCUT2D eigenvalue weighted by atomic mass is 32.2. The summed E-state index contributed by atoms with van der Waals surface area (Å²) in [5.74, 6) is -0.336. The summed E-state index contributed by atoms with van der Waals surface area (Å²) in [5, 5.41) is 10.8. The predicted octanol–water partition coefficient (Wildman–Crippen LogP) is 4.79. The molecule has 0 aliphatic carbocycles. The van der Waals surface area contributed by atoms with Gasteiger partial charge in [-0.3, -0.25) is 9.48 Å². The van der Waals surface area contributed by atoms with E-state index in [2.05, 4.69) is 15.7 Å². The van der Waals surface area contributed by atoms with Crippen molar-refractivity contribution in [2.75, 3.05) is 13.1 Å². The number of nitrogens with one attached hydrogen (secondary N) is 2. The largest absolute Gasteiger partial charge is 0.416 e. The van der Waals surface area contributed by atoms with Crippen molar-refractivity contribution < 1.29 is 30.6 Å². The molecule has 1 aliphatic rings. The van der Waals surface area contributed by atoms with Gasteiger partial charge in [0.15, 0.2) is 5.75 Å². The van der Waals surface area contributed by atoms with Crippen molar-refractivity contribution in [1.29, 1.82) is 0 Å². The molecule has 1 atom stereocenters. The standard InChI is InChI=1S/C29H27F3N4O4S/c1-19-10-11-27(40-41(38,39)23-9-5-8-21(15-23)29(30,31)32)24(14-19)25-16-26(20-6-3-2-4-7-20)36(35-25)18-28(37)34-22-12-13-33-17-22/h2-11,14-16,22,33H,12-13,17-18H2,1H3,(H,34,37)/t22-/m1/s1. The SMILES string of the molecule is Cc1ccc(OS(=O)(=O)c2cccc(C(F)(F)F)c2)c(-c2cc(-c3ccccc3)n(CC(=O)N[C@@H]3CCNC3)n2)c1. The summed E-state index contributed by atoms with van der Waals surface area (Å²) in [5.41, 5.74) is 1.70. The number of benzene rings is 3. The van der Waals surface area contributed by atoms with Crippen LogP contribution in [0.4, 0.5) is 13.2 Å². The van der Waals surface area contributed by atoms with Crippen LogP contribution in [0.15, 0.2) is 83.8 Å². The fourth-order valence-electron chi connectivity index (χ4n) is 4.61. The molecule has 3 aromatic carbocycles. The lowest BCUT2D eigenvalue weighted by molar-refractivity contribution is -0.137. The second kappa shape index (κ2) is 11.4. The fourth-order valence-corrected chi connectivity index (χ4v) is 5.60. The van der Waals surface area contributed by atoms with Crippen LogP contribution in [-0.4, -0.2) is 43.2 Å². The molecule has 1 fully saturated rings. The van der Waals surface area contributed by atoms with Crippen molar-refractivity contribution in [2.45, 2.75) is 37.0 Å². The Morgan fingerprint density at radius 2 is 1.85 bits per heavy atom. The highest BCUT2D eigenvalue weighted by molar-refractivity contribution is 7.87. The number of amides is 1. The molecule has 0 radical (unpaired) electrons. The van der Waals surface area contributed by atoms with Crippen LogP contribution in [0.25, 0.3) is 22.5 Å². The van der Waals surface area contributed by atoms with E-state index in [-0.39, 0.29) is 24.2 Å². The van der Waals surface area contributed by atoms with Gasteiger partial charge in [0.1, 0.15) is 11.4 Å². The summed E-state index contributed by atoms with van der Waals surface area (Å²) in [6.45, 7) is 3.23. The Morgan fingerprint density at radius 3 is 2.56 bits per heavy atom. The number of carbonyl (C=O) groups is 1.